The summed E-state index contributed by atoms with van der Waals surface area (Å²) in [5.41, 5.74) is 3.65. The number of methoxy groups -OCH3 is 1. The summed E-state index contributed by atoms with van der Waals surface area (Å²) in [6.45, 7) is 2.08. The van der Waals surface area contributed by atoms with Crippen LogP contribution in [-0.2, 0) is 6.42 Å². The maximum absolute atomic E-state index is 9.41. The molecule has 3 aromatic rings. The van der Waals surface area contributed by atoms with Gasteiger partial charge in [-0.25, -0.2) is 0 Å². The maximum Gasteiger partial charge on any atom is 0.138 e. The van der Waals surface area contributed by atoms with Crippen molar-refractivity contribution in [3.05, 3.63) is 47.5 Å². The summed E-state index contributed by atoms with van der Waals surface area (Å²) in [4.78, 5) is 0. The van der Waals surface area contributed by atoms with Gasteiger partial charge in [-0.1, -0.05) is 0 Å². The van der Waals surface area contributed by atoms with Crippen LogP contribution >= 0.6 is 0 Å². The Morgan fingerprint density at radius 1 is 1.14 bits per heavy atom. The van der Waals surface area contributed by atoms with Gasteiger partial charge >= 0.3 is 0 Å². The molecule has 2 aromatic carbocycles. The van der Waals surface area contributed by atoms with Crippen LogP contribution in [0.2, 0.25) is 0 Å². The van der Waals surface area contributed by atoms with E-state index in [0.717, 1.165) is 33.4 Å². The summed E-state index contributed by atoms with van der Waals surface area (Å²) >= 11 is 0. The van der Waals surface area contributed by atoms with Gasteiger partial charge in [0.25, 0.3) is 0 Å². The minimum absolute atomic E-state index is 0.0730. The van der Waals surface area contributed by atoms with E-state index in [2.05, 4.69) is 0 Å². The molecule has 2 N–H and O–H groups in total. The molecule has 1 aromatic heterocycles. The first kappa shape index (κ1) is 14.5. The lowest BCUT2D eigenvalue weighted by atomic mass is 10.0. The van der Waals surface area contributed by atoms with Gasteiger partial charge in [0.15, 0.2) is 0 Å². The highest BCUT2D eigenvalue weighted by Crippen LogP contribution is 2.36. The molecular formula is C18H18O4. The van der Waals surface area contributed by atoms with E-state index < -0.39 is 0 Å². The number of furan rings is 1. The summed E-state index contributed by atoms with van der Waals surface area (Å²) in [7, 11) is 1.61. The van der Waals surface area contributed by atoms with Gasteiger partial charge in [0.2, 0.25) is 0 Å². The number of aliphatic hydroxyl groups excluding tert-OH is 1. The predicted octanol–water partition coefficient (Wildman–Crippen LogP) is 3.66. The third-order valence-electron chi connectivity index (χ3n) is 3.85. The quantitative estimate of drug-likeness (QED) is 0.771. The zero-order valence-corrected chi connectivity index (χ0v) is 12.6. The van der Waals surface area contributed by atoms with Gasteiger partial charge in [0.1, 0.15) is 22.8 Å². The fraction of sp³-hybridized carbons (Fsp3) is 0.222. The number of benzene rings is 2. The van der Waals surface area contributed by atoms with Crippen LogP contribution in [0.25, 0.3) is 22.3 Å². The van der Waals surface area contributed by atoms with Crippen LogP contribution in [0.15, 0.2) is 40.8 Å². The van der Waals surface area contributed by atoms with Crippen molar-refractivity contribution in [2.24, 2.45) is 0 Å². The predicted molar refractivity (Wildman–Crippen MR) is 85.4 cm³/mol. The Kier molecular flexibility index (Phi) is 3.77. The van der Waals surface area contributed by atoms with Crippen LogP contribution in [0.3, 0.4) is 0 Å². The number of ether oxygens (including phenoxy) is 1. The number of aryl methyl sites for hydroxylation is 1. The average Bonchev–Trinajstić information content (AvgIpc) is 2.84. The smallest absolute Gasteiger partial charge is 0.138 e. The minimum atomic E-state index is 0.0730. The lowest BCUT2D eigenvalue weighted by Gasteiger charge is -2.07. The first-order chi connectivity index (χ1) is 10.6. The van der Waals surface area contributed by atoms with Gasteiger partial charge in [-0.05, 0) is 49.2 Å². The lowest BCUT2D eigenvalue weighted by Crippen LogP contribution is -1.95. The van der Waals surface area contributed by atoms with Crippen LogP contribution in [0, 0.1) is 6.92 Å². The molecule has 1 heterocycles. The number of hydrogen-bond acceptors (Lipinski definition) is 4. The van der Waals surface area contributed by atoms with Crippen molar-refractivity contribution in [3.8, 4) is 22.8 Å². The second kappa shape index (κ2) is 5.73. The van der Waals surface area contributed by atoms with Crippen molar-refractivity contribution < 1.29 is 19.4 Å². The molecule has 0 saturated heterocycles. The molecule has 3 rings (SSSR count). The van der Waals surface area contributed by atoms with Gasteiger partial charge in [0, 0.05) is 29.2 Å². The topological polar surface area (TPSA) is 62.8 Å². The number of rotatable bonds is 4. The van der Waals surface area contributed by atoms with E-state index in [9.17, 15) is 10.2 Å². The number of hydrogen-bond donors (Lipinski definition) is 2. The summed E-state index contributed by atoms with van der Waals surface area (Å²) < 4.78 is 11.3. The van der Waals surface area contributed by atoms with Crippen molar-refractivity contribution in [1.29, 1.82) is 0 Å². The lowest BCUT2D eigenvalue weighted by molar-refractivity contribution is 0.297. The minimum Gasteiger partial charge on any atom is -0.508 e. The zero-order chi connectivity index (χ0) is 15.7. The Morgan fingerprint density at radius 2 is 1.86 bits per heavy atom. The van der Waals surface area contributed by atoms with E-state index in [1.54, 1.807) is 19.2 Å². The Balaban J connectivity index is 2.17. The maximum atomic E-state index is 9.41. The van der Waals surface area contributed by atoms with E-state index in [1.165, 1.54) is 0 Å². The Labute approximate surface area is 128 Å². The van der Waals surface area contributed by atoms with E-state index in [1.807, 2.05) is 31.2 Å². The van der Waals surface area contributed by atoms with E-state index in [4.69, 9.17) is 9.15 Å². The first-order valence-corrected chi connectivity index (χ1v) is 7.14. The molecule has 4 nitrogen and oxygen atoms in total. The third kappa shape index (κ3) is 2.42. The Bertz CT molecular complexity index is 800. The third-order valence-corrected chi connectivity index (χ3v) is 3.85. The van der Waals surface area contributed by atoms with Gasteiger partial charge in [-0.2, -0.15) is 0 Å². The van der Waals surface area contributed by atoms with Crippen LogP contribution in [0.5, 0.6) is 11.5 Å². The SMILES string of the molecule is COc1cc2oc(-c3ccc(O)cc3)c(C)c2cc1CCO. The molecule has 114 valence electrons. The largest absolute Gasteiger partial charge is 0.508 e. The summed E-state index contributed by atoms with van der Waals surface area (Å²) in [5.74, 6) is 1.72. The first-order valence-electron chi connectivity index (χ1n) is 7.14. The fourth-order valence-corrected chi connectivity index (χ4v) is 2.69. The molecule has 0 radical (unpaired) electrons. The van der Waals surface area contributed by atoms with Gasteiger partial charge in [0.05, 0.1) is 7.11 Å². The van der Waals surface area contributed by atoms with Crippen LogP contribution in [0.1, 0.15) is 11.1 Å². The summed E-state index contributed by atoms with van der Waals surface area (Å²) in [6, 6.07) is 10.8. The average molecular weight is 298 g/mol. The second-order valence-electron chi connectivity index (χ2n) is 5.24. The van der Waals surface area contributed by atoms with Gasteiger partial charge in [-0.15, -0.1) is 0 Å². The van der Waals surface area contributed by atoms with Crippen molar-refractivity contribution in [2.75, 3.05) is 13.7 Å². The molecule has 0 aliphatic heterocycles. The molecule has 22 heavy (non-hydrogen) atoms. The van der Waals surface area contributed by atoms with E-state index in [0.29, 0.717) is 12.2 Å². The van der Waals surface area contributed by atoms with Crippen molar-refractivity contribution in [2.45, 2.75) is 13.3 Å². The van der Waals surface area contributed by atoms with Crippen molar-refractivity contribution in [1.82, 2.24) is 0 Å². The molecule has 0 spiro atoms. The highest BCUT2D eigenvalue weighted by Gasteiger charge is 2.15. The van der Waals surface area contributed by atoms with Gasteiger partial charge < -0.3 is 19.4 Å². The molecular weight excluding hydrogens is 280 g/mol. The van der Waals surface area contributed by atoms with Crippen LogP contribution in [0.4, 0.5) is 0 Å². The van der Waals surface area contributed by atoms with Gasteiger partial charge in [-0.3, -0.25) is 0 Å². The number of fused-ring (bicyclic) bond motifs is 1. The molecule has 0 unspecified atom stereocenters. The highest BCUT2D eigenvalue weighted by atomic mass is 16.5. The second-order valence-corrected chi connectivity index (χ2v) is 5.24. The van der Waals surface area contributed by atoms with E-state index >= 15 is 0 Å². The normalized spacial score (nSPS) is 11.0. The number of aliphatic hydroxyl groups is 1. The molecule has 4 heteroatoms. The molecule has 0 aliphatic rings. The monoisotopic (exact) mass is 298 g/mol. The zero-order valence-electron chi connectivity index (χ0n) is 12.6. The van der Waals surface area contributed by atoms with Crippen LogP contribution < -0.4 is 4.74 Å². The van der Waals surface area contributed by atoms with Crippen molar-refractivity contribution >= 4 is 11.0 Å². The molecule has 0 fully saturated rings. The van der Waals surface area contributed by atoms with Crippen LogP contribution in [-0.4, -0.2) is 23.9 Å². The Hall–Kier alpha value is -2.46. The number of phenolic OH excluding ortho intramolecular Hbond substituents is 1. The van der Waals surface area contributed by atoms with E-state index in [-0.39, 0.29) is 12.4 Å². The molecule has 0 aliphatic carbocycles. The number of aromatic hydroxyl groups is 1. The standard InChI is InChI=1S/C18H18O4/c1-11-15-9-13(7-8-19)16(21-2)10-17(15)22-18(11)12-3-5-14(20)6-4-12/h3-6,9-10,19-20H,7-8H2,1-2H3. The molecule has 0 amide bonds. The fourth-order valence-electron chi connectivity index (χ4n) is 2.69. The summed E-state index contributed by atoms with van der Waals surface area (Å²) in [6.07, 6.45) is 0.540. The molecule has 0 saturated carbocycles. The molecule has 0 bridgehead atoms. The number of phenols is 1. The summed E-state index contributed by atoms with van der Waals surface area (Å²) in [5, 5.41) is 19.6. The van der Waals surface area contributed by atoms with Crippen molar-refractivity contribution in [3.63, 3.8) is 0 Å². The molecule has 0 atom stereocenters. The highest BCUT2D eigenvalue weighted by molar-refractivity contribution is 5.89. The Morgan fingerprint density at radius 3 is 2.50 bits per heavy atom.